The molecule has 2 nitrogen and oxygen atoms in total. The van der Waals surface area contributed by atoms with Crippen LogP contribution < -0.4 is 0 Å². The lowest BCUT2D eigenvalue weighted by atomic mass is 9.75. The van der Waals surface area contributed by atoms with Gasteiger partial charge in [0.25, 0.3) is 0 Å². The average molecular weight is 274 g/mol. The summed E-state index contributed by atoms with van der Waals surface area (Å²) in [7, 11) is 0. The molecule has 0 heterocycles. The van der Waals surface area contributed by atoms with Crippen LogP contribution in [0.1, 0.15) is 56.0 Å². The largest absolute Gasteiger partial charge is 0.373 e. The quantitative estimate of drug-likeness (QED) is 0.740. The van der Waals surface area contributed by atoms with Crippen LogP contribution in [0.5, 0.6) is 0 Å². The summed E-state index contributed by atoms with van der Waals surface area (Å²) in [6.07, 6.45) is 5.01. The number of ether oxygens (including phenoxy) is 1. The lowest BCUT2D eigenvalue weighted by Gasteiger charge is -2.37. The highest BCUT2D eigenvalue weighted by molar-refractivity contribution is 5.74. The number of benzene rings is 1. The van der Waals surface area contributed by atoms with E-state index in [2.05, 4.69) is 20.8 Å². The van der Waals surface area contributed by atoms with Gasteiger partial charge >= 0.3 is 0 Å². The first-order valence-corrected chi connectivity index (χ1v) is 7.76. The highest BCUT2D eigenvalue weighted by Gasteiger charge is 2.31. The van der Waals surface area contributed by atoms with E-state index in [9.17, 15) is 4.79 Å². The average Bonchev–Trinajstić information content (AvgIpc) is 2.45. The zero-order valence-corrected chi connectivity index (χ0v) is 12.8. The molecule has 1 aromatic rings. The van der Waals surface area contributed by atoms with Gasteiger partial charge in [-0.05, 0) is 42.2 Å². The van der Waals surface area contributed by atoms with Crippen LogP contribution in [0.25, 0.3) is 0 Å². The van der Waals surface area contributed by atoms with Crippen molar-refractivity contribution in [1.82, 2.24) is 0 Å². The lowest BCUT2D eigenvalue weighted by molar-refractivity contribution is -0.0472. The van der Waals surface area contributed by atoms with Gasteiger partial charge in [-0.25, -0.2) is 0 Å². The van der Waals surface area contributed by atoms with Crippen LogP contribution in [0.4, 0.5) is 0 Å². The van der Waals surface area contributed by atoms with Gasteiger partial charge in [0.05, 0.1) is 12.7 Å². The molecule has 1 aliphatic rings. The summed E-state index contributed by atoms with van der Waals surface area (Å²) in [5.74, 6) is 2.10. The highest BCUT2D eigenvalue weighted by Crippen LogP contribution is 2.35. The molecule has 1 aromatic carbocycles. The molecule has 0 N–H and O–H groups in total. The van der Waals surface area contributed by atoms with Crippen LogP contribution in [0.2, 0.25) is 0 Å². The number of aldehydes is 1. The fourth-order valence-electron chi connectivity index (χ4n) is 3.27. The molecule has 0 bridgehead atoms. The first kappa shape index (κ1) is 15.2. The van der Waals surface area contributed by atoms with Crippen molar-refractivity contribution in [2.75, 3.05) is 0 Å². The van der Waals surface area contributed by atoms with E-state index in [1.165, 1.54) is 12.8 Å². The number of hydrogen-bond donors (Lipinski definition) is 0. The Morgan fingerprint density at radius 2 is 2.15 bits per heavy atom. The van der Waals surface area contributed by atoms with E-state index in [4.69, 9.17) is 4.74 Å². The predicted molar refractivity (Wildman–Crippen MR) is 81.7 cm³/mol. The Bertz CT molecular complexity index is 439. The Morgan fingerprint density at radius 1 is 1.35 bits per heavy atom. The minimum Gasteiger partial charge on any atom is -0.373 e. The Hall–Kier alpha value is -1.15. The van der Waals surface area contributed by atoms with Crippen molar-refractivity contribution in [3.63, 3.8) is 0 Å². The molecule has 0 radical (unpaired) electrons. The topological polar surface area (TPSA) is 26.3 Å². The molecule has 1 saturated carbocycles. The minimum atomic E-state index is 0.360. The molecular weight excluding hydrogens is 248 g/mol. The van der Waals surface area contributed by atoms with Crippen molar-refractivity contribution in [2.24, 2.45) is 17.8 Å². The van der Waals surface area contributed by atoms with E-state index < -0.39 is 0 Å². The van der Waals surface area contributed by atoms with Crippen LogP contribution in [-0.4, -0.2) is 12.4 Å². The fraction of sp³-hybridized carbons (Fsp3) is 0.611. The summed E-state index contributed by atoms with van der Waals surface area (Å²) in [6.45, 7) is 7.52. The van der Waals surface area contributed by atoms with Crippen molar-refractivity contribution in [1.29, 1.82) is 0 Å². The smallest absolute Gasteiger partial charge is 0.150 e. The van der Waals surface area contributed by atoms with E-state index in [0.717, 1.165) is 29.8 Å². The minimum absolute atomic E-state index is 0.360. The Kier molecular flexibility index (Phi) is 5.36. The number of carbonyl (C=O) groups excluding carboxylic acids is 1. The van der Waals surface area contributed by atoms with Crippen molar-refractivity contribution < 1.29 is 9.53 Å². The molecule has 0 aliphatic heterocycles. The summed E-state index contributed by atoms with van der Waals surface area (Å²) in [5.41, 5.74) is 1.82. The van der Waals surface area contributed by atoms with Gasteiger partial charge < -0.3 is 4.74 Å². The summed E-state index contributed by atoms with van der Waals surface area (Å²) < 4.78 is 6.20. The molecule has 2 heteroatoms. The van der Waals surface area contributed by atoms with Crippen LogP contribution in [0, 0.1) is 17.8 Å². The molecule has 110 valence electrons. The summed E-state index contributed by atoms with van der Waals surface area (Å²) >= 11 is 0. The zero-order chi connectivity index (χ0) is 14.5. The second kappa shape index (κ2) is 7.03. The van der Waals surface area contributed by atoms with Gasteiger partial charge in [0.2, 0.25) is 0 Å². The predicted octanol–water partition coefficient (Wildman–Crippen LogP) is 4.48. The second-order valence-corrected chi connectivity index (χ2v) is 6.54. The maximum absolute atomic E-state index is 10.8. The third-order valence-electron chi connectivity index (χ3n) is 4.51. The molecule has 3 atom stereocenters. The Morgan fingerprint density at radius 3 is 2.85 bits per heavy atom. The molecule has 1 fully saturated rings. The van der Waals surface area contributed by atoms with E-state index in [-0.39, 0.29) is 0 Å². The maximum atomic E-state index is 10.8. The van der Waals surface area contributed by atoms with Crippen LogP contribution >= 0.6 is 0 Å². The van der Waals surface area contributed by atoms with Crippen molar-refractivity contribution in [3.8, 4) is 0 Å². The second-order valence-electron chi connectivity index (χ2n) is 6.54. The van der Waals surface area contributed by atoms with E-state index in [1.54, 1.807) is 0 Å². The molecule has 0 saturated heterocycles. The highest BCUT2D eigenvalue weighted by atomic mass is 16.5. The first-order chi connectivity index (χ1) is 9.60. The van der Waals surface area contributed by atoms with Gasteiger partial charge in [-0.2, -0.15) is 0 Å². The molecule has 20 heavy (non-hydrogen) atoms. The van der Waals surface area contributed by atoms with Gasteiger partial charge in [-0.1, -0.05) is 45.4 Å². The van der Waals surface area contributed by atoms with E-state index in [0.29, 0.717) is 24.5 Å². The zero-order valence-electron chi connectivity index (χ0n) is 12.8. The maximum Gasteiger partial charge on any atom is 0.150 e. The molecule has 0 aromatic heterocycles. The third kappa shape index (κ3) is 3.92. The standard InChI is InChI=1S/C18H26O2/c1-13(2)17-8-7-14(3)9-18(17)20-12-16-6-4-5-15(10-16)11-19/h4-6,10-11,13-14,17-18H,7-9,12H2,1-3H3/t14-,17+,18-/m0/s1. The summed E-state index contributed by atoms with van der Waals surface area (Å²) in [4.78, 5) is 10.8. The van der Waals surface area contributed by atoms with Crippen LogP contribution in [0.15, 0.2) is 24.3 Å². The van der Waals surface area contributed by atoms with E-state index >= 15 is 0 Å². The van der Waals surface area contributed by atoms with Crippen LogP contribution in [0.3, 0.4) is 0 Å². The first-order valence-electron chi connectivity index (χ1n) is 7.76. The van der Waals surface area contributed by atoms with Crippen molar-refractivity contribution in [2.45, 2.75) is 52.7 Å². The van der Waals surface area contributed by atoms with Crippen molar-refractivity contribution in [3.05, 3.63) is 35.4 Å². The fourth-order valence-corrected chi connectivity index (χ4v) is 3.27. The molecule has 0 amide bonds. The lowest BCUT2D eigenvalue weighted by Crippen LogP contribution is -2.34. The van der Waals surface area contributed by atoms with Gasteiger partial charge in [-0.3, -0.25) is 4.79 Å². The molecular formula is C18H26O2. The molecule has 1 aliphatic carbocycles. The van der Waals surface area contributed by atoms with Gasteiger partial charge in [0, 0.05) is 5.56 Å². The molecule has 0 unspecified atom stereocenters. The van der Waals surface area contributed by atoms with E-state index in [1.807, 2.05) is 24.3 Å². The van der Waals surface area contributed by atoms with Gasteiger partial charge in [0.1, 0.15) is 6.29 Å². The number of rotatable bonds is 5. The number of hydrogen-bond acceptors (Lipinski definition) is 2. The molecule has 2 rings (SSSR count). The third-order valence-corrected chi connectivity index (χ3v) is 4.51. The Balaban J connectivity index is 1.97. The molecule has 0 spiro atoms. The van der Waals surface area contributed by atoms with Gasteiger partial charge in [0.15, 0.2) is 0 Å². The van der Waals surface area contributed by atoms with Gasteiger partial charge in [-0.15, -0.1) is 0 Å². The summed E-state index contributed by atoms with van der Waals surface area (Å²) in [5, 5.41) is 0. The Labute approximate surface area is 122 Å². The van der Waals surface area contributed by atoms with Crippen LogP contribution in [-0.2, 0) is 11.3 Å². The van der Waals surface area contributed by atoms with Crippen molar-refractivity contribution >= 4 is 6.29 Å². The number of carbonyl (C=O) groups is 1. The monoisotopic (exact) mass is 274 g/mol. The summed E-state index contributed by atoms with van der Waals surface area (Å²) in [6, 6.07) is 7.70. The normalized spacial score (nSPS) is 26.7. The SMILES string of the molecule is CC(C)[C@H]1CC[C@H](C)C[C@@H]1OCc1cccc(C=O)c1.